The number of hydrogen-bond donors (Lipinski definition) is 1. The highest BCUT2D eigenvalue weighted by molar-refractivity contribution is 6.30. The Morgan fingerprint density at radius 3 is 2.41 bits per heavy atom. The first-order valence-electron chi connectivity index (χ1n) is 9.59. The molecule has 0 saturated heterocycles. The normalized spacial score (nSPS) is 16.0. The van der Waals surface area contributed by atoms with Gasteiger partial charge in [0.2, 0.25) is 11.8 Å². The van der Waals surface area contributed by atoms with E-state index in [1.54, 1.807) is 17.0 Å². The fourth-order valence-electron chi connectivity index (χ4n) is 3.74. The first kappa shape index (κ1) is 19.2. The van der Waals surface area contributed by atoms with Crippen LogP contribution < -0.4 is 5.32 Å². The average Bonchev–Trinajstić information content (AvgIpc) is 2.89. The summed E-state index contributed by atoms with van der Waals surface area (Å²) in [6, 6.07) is 24.6. The first-order chi connectivity index (χ1) is 14.1. The number of carbonyl (C=O) groups excluding carboxylic acids is 2. The Balaban J connectivity index is 1.71. The van der Waals surface area contributed by atoms with Crippen molar-refractivity contribution >= 4 is 29.1 Å². The lowest BCUT2D eigenvalue weighted by Gasteiger charge is -2.30. The molecule has 1 atom stereocenters. The Morgan fingerprint density at radius 1 is 1.00 bits per heavy atom. The second kappa shape index (κ2) is 8.50. The molecule has 1 N–H and O–H groups in total. The number of amides is 2. The zero-order valence-corrected chi connectivity index (χ0v) is 16.6. The maximum Gasteiger partial charge on any atom is 0.244 e. The predicted octanol–water partition coefficient (Wildman–Crippen LogP) is 4.84. The Morgan fingerprint density at radius 2 is 1.69 bits per heavy atom. The van der Waals surface area contributed by atoms with E-state index in [4.69, 9.17) is 11.6 Å². The number of nitrogens with zero attached hydrogens (tertiary/aromatic N) is 1. The first-order valence-corrected chi connectivity index (χ1v) is 9.97. The third-order valence-corrected chi connectivity index (χ3v) is 5.35. The molecule has 4 nitrogen and oxygen atoms in total. The molecule has 0 aliphatic carbocycles. The number of rotatable bonds is 4. The van der Waals surface area contributed by atoms with E-state index in [0.29, 0.717) is 23.6 Å². The molecule has 4 rings (SSSR count). The Hall–Kier alpha value is -3.11. The number of hydrogen-bond acceptors (Lipinski definition) is 2. The van der Waals surface area contributed by atoms with Gasteiger partial charge in [0, 0.05) is 22.7 Å². The van der Waals surface area contributed by atoms with Gasteiger partial charge in [0.25, 0.3) is 0 Å². The summed E-state index contributed by atoms with van der Waals surface area (Å²) in [5.41, 5.74) is 3.55. The number of aryl methyl sites for hydroxylation is 1. The molecular formula is C24H21ClN2O2. The lowest BCUT2D eigenvalue weighted by molar-refractivity contribution is -0.136. The van der Waals surface area contributed by atoms with Gasteiger partial charge in [-0.25, -0.2) is 0 Å². The van der Waals surface area contributed by atoms with Crippen LogP contribution in [0.25, 0.3) is 0 Å². The Kier molecular flexibility index (Phi) is 5.63. The largest absolute Gasteiger partial charge is 0.324 e. The van der Waals surface area contributed by atoms with Crippen LogP contribution in [0.15, 0.2) is 78.9 Å². The van der Waals surface area contributed by atoms with E-state index in [9.17, 15) is 9.59 Å². The third kappa shape index (κ3) is 4.33. The number of nitrogens with one attached hydrogen (secondary N) is 1. The van der Waals surface area contributed by atoms with Crippen molar-refractivity contribution in [2.75, 3.05) is 11.9 Å². The highest BCUT2D eigenvalue weighted by Crippen LogP contribution is 2.37. The van der Waals surface area contributed by atoms with Crippen LogP contribution in [0.3, 0.4) is 0 Å². The molecule has 2 amide bonds. The molecule has 0 bridgehead atoms. The van der Waals surface area contributed by atoms with Crippen molar-refractivity contribution in [1.29, 1.82) is 0 Å². The van der Waals surface area contributed by atoms with Crippen LogP contribution in [-0.2, 0) is 16.0 Å². The van der Waals surface area contributed by atoms with Crippen molar-refractivity contribution in [1.82, 2.24) is 4.90 Å². The molecule has 0 radical (unpaired) electrons. The van der Waals surface area contributed by atoms with Gasteiger partial charge in [-0.3, -0.25) is 9.59 Å². The molecule has 0 spiro atoms. The molecule has 0 fully saturated rings. The SMILES string of the molecule is O=C1CN(C(=O)CCc2ccccc2)[C@H](c2ccccc2)c2cc(Cl)ccc2N1. The van der Waals surface area contributed by atoms with Crippen molar-refractivity contribution in [2.24, 2.45) is 0 Å². The van der Waals surface area contributed by atoms with Gasteiger partial charge >= 0.3 is 0 Å². The molecule has 3 aromatic carbocycles. The summed E-state index contributed by atoms with van der Waals surface area (Å²) in [5, 5.41) is 3.48. The molecule has 3 aromatic rings. The van der Waals surface area contributed by atoms with Gasteiger partial charge in [-0.1, -0.05) is 72.3 Å². The quantitative estimate of drug-likeness (QED) is 0.676. The number of benzene rings is 3. The van der Waals surface area contributed by atoms with Gasteiger partial charge in [0.05, 0.1) is 6.04 Å². The van der Waals surface area contributed by atoms with Crippen LogP contribution in [0.5, 0.6) is 0 Å². The van der Waals surface area contributed by atoms with Gasteiger partial charge in [0.15, 0.2) is 0 Å². The van der Waals surface area contributed by atoms with Gasteiger partial charge in [0.1, 0.15) is 6.54 Å². The van der Waals surface area contributed by atoms with Crippen LogP contribution in [0.1, 0.15) is 29.2 Å². The van der Waals surface area contributed by atoms with Gasteiger partial charge in [-0.05, 0) is 35.7 Å². The monoisotopic (exact) mass is 404 g/mol. The third-order valence-electron chi connectivity index (χ3n) is 5.11. The zero-order valence-electron chi connectivity index (χ0n) is 15.8. The summed E-state index contributed by atoms with van der Waals surface area (Å²) < 4.78 is 0. The summed E-state index contributed by atoms with van der Waals surface area (Å²) in [4.78, 5) is 27.5. The van der Waals surface area contributed by atoms with E-state index >= 15 is 0 Å². The summed E-state index contributed by atoms with van der Waals surface area (Å²) >= 11 is 6.27. The number of anilines is 1. The highest BCUT2D eigenvalue weighted by atomic mass is 35.5. The number of carbonyl (C=O) groups is 2. The van der Waals surface area contributed by atoms with E-state index in [1.165, 1.54) is 0 Å². The van der Waals surface area contributed by atoms with Crippen molar-refractivity contribution < 1.29 is 9.59 Å². The molecule has 1 aliphatic heterocycles. The van der Waals surface area contributed by atoms with Crippen LogP contribution in [0.4, 0.5) is 5.69 Å². The molecule has 5 heteroatoms. The molecular weight excluding hydrogens is 384 g/mol. The second-order valence-corrected chi connectivity index (χ2v) is 7.54. The van der Waals surface area contributed by atoms with E-state index in [0.717, 1.165) is 16.7 Å². The lowest BCUT2D eigenvalue weighted by Crippen LogP contribution is -2.39. The van der Waals surface area contributed by atoms with E-state index in [-0.39, 0.29) is 24.4 Å². The molecule has 1 aliphatic rings. The van der Waals surface area contributed by atoms with Gasteiger partial charge in [-0.15, -0.1) is 0 Å². The van der Waals surface area contributed by atoms with Crippen molar-refractivity contribution in [3.63, 3.8) is 0 Å². The summed E-state index contributed by atoms with van der Waals surface area (Å²) in [6.07, 6.45) is 0.957. The maximum atomic E-state index is 13.3. The predicted molar refractivity (Wildman–Crippen MR) is 115 cm³/mol. The lowest BCUT2D eigenvalue weighted by atomic mass is 9.95. The van der Waals surface area contributed by atoms with E-state index in [1.807, 2.05) is 66.7 Å². The summed E-state index contributed by atoms with van der Waals surface area (Å²) in [7, 11) is 0. The molecule has 1 heterocycles. The maximum absolute atomic E-state index is 13.3. The van der Waals surface area contributed by atoms with E-state index < -0.39 is 0 Å². The minimum absolute atomic E-state index is 0.000513. The smallest absolute Gasteiger partial charge is 0.244 e. The van der Waals surface area contributed by atoms with E-state index in [2.05, 4.69) is 5.32 Å². The topological polar surface area (TPSA) is 49.4 Å². The minimum atomic E-state index is -0.382. The van der Waals surface area contributed by atoms with Crippen LogP contribution >= 0.6 is 11.6 Å². The molecule has 0 unspecified atom stereocenters. The Bertz CT molecular complexity index is 1020. The fraction of sp³-hybridized carbons (Fsp3) is 0.167. The number of halogens is 1. The highest BCUT2D eigenvalue weighted by Gasteiger charge is 2.33. The standard InChI is InChI=1S/C24H21ClN2O2/c25-19-12-13-21-20(15-19)24(18-9-5-2-6-10-18)27(16-22(28)26-21)23(29)14-11-17-7-3-1-4-8-17/h1-10,12-13,15,24H,11,14,16H2,(H,26,28)/t24-/m1/s1. The summed E-state index contributed by atoms with van der Waals surface area (Å²) in [5.74, 6) is -0.272. The Labute approximate surface area is 175 Å². The molecule has 0 saturated carbocycles. The fourth-order valence-corrected chi connectivity index (χ4v) is 3.92. The zero-order chi connectivity index (χ0) is 20.2. The minimum Gasteiger partial charge on any atom is -0.324 e. The van der Waals surface area contributed by atoms with Crippen molar-refractivity contribution in [2.45, 2.75) is 18.9 Å². The average molecular weight is 405 g/mol. The molecule has 0 aromatic heterocycles. The van der Waals surface area contributed by atoms with Crippen LogP contribution in [0, 0.1) is 0 Å². The van der Waals surface area contributed by atoms with Gasteiger partial charge < -0.3 is 10.2 Å². The van der Waals surface area contributed by atoms with Gasteiger partial charge in [-0.2, -0.15) is 0 Å². The molecule has 146 valence electrons. The van der Waals surface area contributed by atoms with Crippen LogP contribution in [0.2, 0.25) is 5.02 Å². The summed E-state index contributed by atoms with van der Waals surface area (Å²) in [6.45, 7) is -0.000513. The van der Waals surface area contributed by atoms with Crippen LogP contribution in [-0.4, -0.2) is 23.3 Å². The van der Waals surface area contributed by atoms with Crippen molar-refractivity contribution in [3.05, 3.63) is 101 Å². The second-order valence-electron chi connectivity index (χ2n) is 7.10. The number of fused-ring (bicyclic) bond motifs is 1. The molecule has 29 heavy (non-hydrogen) atoms. The van der Waals surface area contributed by atoms with Crippen molar-refractivity contribution in [3.8, 4) is 0 Å².